The summed E-state index contributed by atoms with van der Waals surface area (Å²) in [5, 5.41) is 37.9. The van der Waals surface area contributed by atoms with E-state index in [0.717, 1.165) is 30.6 Å². The number of unbranched alkanes of at least 4 members (excludes halogenated alkanes) is 1. The number of anilines is 1. The lowest BCUT2D eigenvalue weighted by atomic mass is 9.57. The molecule has 2 unspecified atom stereocenters. The third kappa shape index (κ3) is 4.23. The van der Waals surface area contributed by atoms with Crippen LogP contribution in [0.15, 0.2) is 27.4 Å². The summed E-state index contributed by atoms with van der Waals surface area (Å²) in [6, 6.07) is 0.785. The lowest BCUT2D eigenvalue weighted by Crippen LogP contribution is -2.65. The fourth-order valence-electron chi connectivity index (χ4n) is 6.70. The molecule has 1 aromatic heterocycles. The number of primary amides is 1. The third-order valence-electron chi connectivity index (χ3n) is 8.59. The molecule has 1 amide bonds. The molecule has 3 aliphatic carbocycles. The van der Waals surface area contributed by atoms with Crippen LogP contribution in [0.2, 0.25) is 0 Å². The lowest BCUT2D eigenvalue weighted by Gasteiger charge is -2.50. The van der Waals surface area contributed by atoms with E-state index in [1.54, 1.807) is 14.1 Å². The first kappa shape index (κ1) is 28.8. The quantitative estimate of drug-likeness (QED) is 0.229. The van der Waals surface area contributed by atoms with Gasteiger partial charge in [0.1, 0.15) is 22.6 Å². The molecule has 2 aromatic rings. The average Bonchev–Trinajstić information content (AvgIpc) is 3.30. The standard InChI is InChI=1S/C29H37N5O7/c1-6-7-8-31-12-18-32-16-11-17(33(2)3)14-9-13-10-15-22(34(4)5)24(36)21(28(30)39)27(38)29(15,40)26(37)19(13)23(35)20(14)25(16)41-18/h11,13,15,22,31,35,38,40H,6-10,12H2,1-5H3,(H2,30,39)/t13?,15?,22-,29-/m0/s1. The van der Waals surface area contributed by atoms with Crippen molar-refractivity contribution in [2.45, 2.75) is 50.8 Å². The Kier molecular flexibility index (Phi) is 7.21. The number of likely N-dealkylation sites (N-methyl/N-ethyl adjacent to an activating group) is 1. The number of nitrogens with zero attached hydrogens (tertiary/aromatic N) is 3. The van der Waals surface area contributed by atoms with Gasteiger partial charge in [0, 0.05) is 31.3 Å². The first-order chi connectivity index (χ1) is 19.3. The molecule has 0 radical (unpaired) electrons. The van der Waals surface area contributed by atoms with Crippen LogP contribution in [-0.2, 0) is 27.3 Å². The van der Waals surface area contributed by atoms with Gasteiger partial charge in [0.05, 0.1) is 18.2 Å². The highest BCUT2D eigenvalue weighted by Gasteiger charge is 2.64. The van der Waals surface area contributed by atoms with Gasteiger partial charge in [-0.2, -0.15) is 0 Å². The summed E-state index contributed by atoms with van der Waals surface area (Å²) in [6.07, 6.45) is 2.43. The van der Waals surface area contributed by atoms with Gasteiger partial charge in [-0.1, -0.05) is 13.3 Å². The van der Waals surface area contributed by atoms with E-state index < -0.39 is 52.3 Å². The maximum Gasteiger partial charge on any atom is 0.255 e. The molecular weight excluding hydrogens is 530 g/mol. The van der Waals surface area contributed by atoms with Crippen LogP contribution in [0.25, 0.3) is 16.9 Å². The number of aliphatic hydroxyl groups excluding tert-OH is 2. The van der Waals surface area contributed by atoms with E-state index in [1.807, 2.05) is 25.1 Å². The van der Waals surface area contributed by atoms with Gasteiger partial charge in [-0.25, -0.2) is 4.98 Å². The Morgan fingerprint density at radius 1 is 1.24 bits per heavy atom. The first-order valence-corrected chi connectivity index (χ1v) is 13.8. The lowest BCUT2D eigenvalue weighted by molar-refractivity contribution is -0.153. The molecule has 1 saturated carbocycles. The van der Waals surface area contributed by atoms with Gasteiger partial charge in [-0.3, -0.25) is 19.3 Å². The summed E-state index contributed by atoms with van der Waals surface area (Å²) in [5.41, 5.74) is 4.53. The Balaban J connectivity index is 1.70. The highest BCUT2D eigenvalue weighted by Crippen LogP contribution is 2.53. The average molecular weight is 568 g/mol. The molecule has 0 spiro atoms. The van der Waals surface area contributed by atoms with E-state index in [-0.39, 0.29) is 17.8 Å². The highest BCUT2D eigenvalue weighted by molar-refractivity contribution is 6.24. The fourth-order valence-corrected chi connectivity index (χ4v) is 6.70. The van der Waals surface area contributed by atoms with Gasteiger partial charge in [0.2, 0.25) is 11.7 Å². The summed E-state index contributed by atoms with van der Waals surface area (Å²) >= 11 is 0. The number of fused-ring (bicyclic) bond motifs is 5. The van der Waals surface area contributed by atoms with Gasteiger partial charge in [0.25, 0.3) is 5.91 Å². The van der Waals surface area contributed by atoms with E-state index in [0.29, 0.717) is 35.5 Å². The third-order valence-corrected chi connectivity index (χ3v) is 8.59. The number of hydrogen-bond acceptors (Lipinski definition) is 11. The topological polar surface area (TPSA) is 182 Å². The van der Waals surface area contributed by atoms with Gasteiger partial charge in [-0.05, 0) is 57.5 Å². The smallest absolute Gasteiger partial charge is 0.255 e. The normalized spacial score (nSPS) is 26.0. The van der Waals surface area contributed by atoms with Crippen molar-refractivity contribution in [3.05, 3.63) is 40.0 Å². The van der Waals surface area contributed by atoms with E-state index in [9.17, 15) is 29.7 Å². The molecule has 41 heavy (non-hydrogen) atoms. The van der Waals surface area contributed by atoms with Crippen molar-refractivity contribution in [1.29, 1.82) is 0 Å². The number of carbonyl (C=O) groups excluding carboxylic acids is 3. The molecule has 1 aromatic carbocycles. The molecule has 6 N–H and O–H groups in total. The van der Waals surface area contributed by atoms with Crippen LogP contribution >= 0.6 is 0 Å². The molecule has 0 aliphatic heterocycles. The first-order valence-electron chi connectivity index (χ1n) is 13.8. The Hall–Kier alpha value is -3.74. The van der Waals surface area contributed by atoms with Crippen LogP contribution in [0.3, 0.4) is 0 Å². The fraction of sp³-hybridized carbons (Fsp3) is 0.517. The van der Waals surface area contributed by atoms with Gasteiger partial charge < -0.3 is 35.7 Å². The second-order valence-corrected chi connectivity index (χ2v) is 11.6. The molecule has 1 fully saturated rings. The summed E-state index contributed by atoms with van der Waals surface area (Å²) in [7, 11) is 6.91. The molecular formula is C29H37N5O7. The van der Waals surface area contributed by atoms with Crippen LogP contribution in [0.5, 0.6) is 0 Å². The number of aromatic nitrogens is 1. The number of nitrogens with two attached hydrogens (primary N) is 1. The molecule has 0 saturated heterocycles. The van der Waals surface area contributed by atoms with Crippen molar-refractivity contribution in [3.8, 4) is 0 Å². The van der Waals surface area contributed by atoms with Crippen LogP contribution in [0, 0.1) is 11.8 Å². The van der Waals surface area contributed by atoms with Gasteiger partial charge in [0.15, 0.2) is 17.0 Å². The molecule has 1 heterocycles. The number of carbonyl (C=O) groups is 3. The maximum absolute atomic E-state index is 14.1. The predicted octanol–water partition coefficient (Wildman–Crippen LogP) is 1.36. The number of amides is 1. The van der Waals surface area contributed by atoms with Crippen molar-refractivity contribution < 1.29 is 34.1 Å². The summed E-state index contributed by atoms with van der Waals surface area (Å²) in [5.74, 6) is -5.65. The van der Waals surface area contributed by atoms with Crippen LogP contribution in [-0.4, -0.2) is 89.1 Å². The van der Waals surface area contributed by atoms with Crippen molar-refractivity contribution >= 4 is 40.0 Å². The Labute approximate surface area is 237 Å². The van der Waals surface area contributed by atoms with E-state index >= 15 is 0 Å². The zero-order valence-electron chi connectivity index (χ0n) is 23.9. The monoisotopic (exact) mass is 567 g/mol. The number of ketones is 2. The minimum absolute atomic E-state index is 0.0830. The van der Waals surface area contributed by atoms with Gasteiger partial charge in [-0.15, -0.1) is 0 Å². The van der Waals surface area contributed by atoms with E-state index in [4.69, 9.17) is 10.2 Å². The molecule has 220 valence electrons. The Bertz CT molecular complexity index is 1520. The van der Waals surface area contributed by atoms with Crippen molar-refractivity contribution in [2.75, 3.05) is 39.6 Å². The van der Waals surface area contributed by atoms with Crippen LogP contribution < -0.4 is 16.0 Å². The highest BCUT2D eigenvalue weighted by atomic mass is 16.4. The number of aliphatic hydroxyl groups is 3. The number of hydrogen-bond donors (Lipinski definition) is 5. The molecule has 3 aliphatic rings. The summed E-state index contributed by atoms with van der Waals surface area (Å²) in [6.45, 7) is 3.28. The zero-order valence-corrected chi connectivity index (χ0v) is 23.9. The van der Waals surface area contributed by atoms with Crippen molar-refractivity contribution in [3.63, 3.8) is 0 Å². The second kappa shape index (κ2) is 10.3. The van der Waals surface area contributed by atoms with Gasteiger partial charge >= 0.3 is 0 Å². The Morgan fingerprint density at radius 2 is 1.95 bits per heavy atom. The zero-order chi connectivity index (χ0) is 30.0. The maximum atomic E-state index is 14.1. The summed E-state index contributed by atoms with van der Waals surface area (Å²) < 4.78 is 6.10. The number of rotatable bonds is 8. The summed E-state index contributed by atoms with van der Waals surface area (Å²) in [4.78, 5) is 47.6. The number of oxazole rings is 1. The number of Topliss-reactive ketones (excluding diaryl/α,β-unsaturated/α-hetero) is 2. The molecule has 5 rings (SSSR count). The minimum Gasteiger partial charge on any atom is -0.508 e. The van der Waals surface area contributed by atoms with E-state index in [1.165, 1.54) is 4.90 Å². The second-order valence-electron chi connectivity index (χ2n) is 11.6. The van der Waals surface area contributed by atoms with Crippen LogP contribution in [0.1, 0.15) is 43.2 Å². The van der Waals surface area contributed by atoms with Crippen LogP contribution in [0.4, 0.5) is 5.69 Å². The SMILES string of the molecule is CCCCNCc1nc2cc(N(C)C)c3c(c2o1)C(O)=C1C(=O)[C@]2(O)C(O)=C(C(N)=O)C(=O)[C@@H](N(C)C)C2CC1C3. The molecule has 12 heteroatoms. The molecule has 0 bridgehead atoms. The minimum atomic E-state index is -2.63. The Morgan fingerprint density at radius 3 is 2.56 bits per heavy atom. The number of benzene rings is 1. The van der Waals surface area contributed by atoms with Crippen molar-refractivity contribution in [2.24, 2.45) is 17.6 Å². The molecule has 4 atom stereocenters. The number of nitrogens with one attached hydrogen (secondary N) is 1. The largest absolute Gasteiger partial charge is 0.508 e. The van der Waals surface area contributed by atoms with E-state index in [2.05, 4.69) is 17.2 Å². The van der Waals surface area contributed by atoms with Crippen molar-refractivity contribution in [1.82, 2.24) is 15.2 Å². The molecule has 12 nitrogen and oxygen atoms in total. The predicted molar refractivity (Wildman–Crippen MR) is 151 cm³/mol.